The van der Waals surface area contributed by atoms with Crippen LogP contribution in [0.5, 0.6) is 0 Å². The molecule has 0 spiro atoms. The van der Waals surface area contributed by atoms with E-state index in [0.717, 1.165) is 0 Å². The fraction of sp³-hybridized carbons (Fsp3) is 0.167. The lowest BCUT2D eigenvalue weighted by Crippen LogP contribution is -1.78. The van der Waals surface area contributed by atoms with Gasteiger partial charge in [0.25, 0.3) is 0 Å². The van der Waals surface area contributed by atoms with Crippen LogP contribution in [-0.4, -0.2) is 0 Å². The van der Waals surface area contributed by atoms with Gasteiger partial charge in [0.2, 0.25) is 0 Å². The molecular weight excluding hydrogens is 208 g/mol. The summed E-state index contributed by atoms with van der Waals surface area (Å²) in [6.07, 6.45) is 0. The quantitative estimate of drug-likeness (QED) is 0.684. The molecule has 0 saturated carbocycles. The van der Waals surface area contributed by atoms with Crippen LogP contribution in [0.1, 0.15) is 23.6 Å². The van der Waals surface area contributed by atoms with Crippen molar-refractivity contribution in [2.45, 2.75) is 13.8 Å². The van der Waals surface area contributed by atoms with Gasteiger partial charge in [-0.2, -0.15) is 0 Å². The maximum atomic E-state index is 2.20. The van der Waals surface area contributed by atoms with Crippen LogP contribution in [-0.2, 0) is 0 Å². The first kappa shape index (κ1) is 9.69. The Morgan fingerprint density at radius 2 is 1.29 bits per heavy atom. The minimum absolute atomic E-state index is 1.37. The van der Waals surface area contributed by atoms with Crippen LogP contribution in [0.15, 0.2) is 35.0 Å². The summed E-state index contributed by atoms with van der Waals surface area (Å²) in [7, 11) is 0. The van der Waals surface area contributed by atoms with Crippen molar-refractivity contribution in [2.24, 2.45) is 0 Å². The fourth-order valence-electron chi connectivity index (χ4n) is 1.35. The number of hydrogen-bond donors (Lipinski definition) is 0. The van der Waals surface area contributed by atoms with Gasteiger partial charge in [-0.3, -0.25) is 0 Å². The molecule has 2 heterocycles. The van der Waals surface area contributed by atoms with E-state index in [1.54, 1.807) is 22.7 Å². The summed E-state index contributed by atoms with van der Waals surface area (Å²) in [5.41, 5.74) is 2.78. The third-order valence-corrected chi connectivity index (χ3v) is 4.32. The van der Waals surface area contributed by atoms with Crippen molar-refractivity contribution in [2.75, 3.05) is 0 Å². The normalized spacial score (nSPS) is 12.7. The third-order valence-electron chi connectivity index (χ3n) is 2.34. The molecule has 0 aliphatic carbocycles. The molecule has 0 aliphatic rings. The van der Waals surface area contributed by atoms with E-state index >= 15 is 0 Å². The first-order valence-electron chi connectivity index (χ1n) is 4.54. The minimum Gasteiger partial charge on any atom is -0.144 e. The molecule has 14 heavy (non-hydrogen) atoms. The van der Waals surface area contributed by atoms with Crippen LogP contribution in [0.4, 0.5) is 0 Å². The Morgan fingerprint density at radius 3 is 1.57 bits per heavy atom. The van der Waals surface area contributed by atoms with Gasteiger partial charge in [0.05, 0.1) is 0 Å². The number of thiophene rings is 2. The van der Waals surface area contributed by atoms with E-state index < -0.39 is 0 Å². The summed E-state index contributed by atoms with van der Waals surface area (Å²) in [5.74, 6) is 0. The summed E-state index contributed by atoms with van der Waals surface area (Å²) in [6, 6.07) is 8.56. The Hall–Kier alpha value is -0.860. The Balaban J connectivity index is 2.41. The van der Waals surface area contributed by atoms with Gasteiger partial charge in [0, 0.05) is 9.75 Å². The van der Waals surface area contributed by atoms with Crippen LogP contribution in [0.3, 0.4) is 0 Å². The van der Waals surface area contributed by atoms with Gasteiger partial charge in [0.1, 0.15) is 0 Å². The zero-order valence-corrected chi connectivity index (χ0v) is 9.91. The van der Waals surface area contributed by atoms with Crippen LogP contribution in [0.2, 0.25) is 0 Å². The average Bonchev–Trinajstić information content (AvgIpc) is 2.87. The molecule has 2 heteroatoms. The van der Waals surface area contributed by atoms with Crippen molar-refractivity contribution in [1.82, 2.24) is 0 Å². The maximum absolute atomic E-state index is 2.20. The molecule has 0 saturated heterocycles. The standard InChI is InChI=1S/C12H12S2/c1-9(11-5-3-7-13-11)10(2)12-6-4-8-14-12/h3-8H,1-2H3/b10-9-. The van der Waals surface area contributed by atoms with E-state index in [-0.39, 0.29) is 0 Å². The van der Waals surface area contributed by atoms with E-state index in [2.05, 4.69) is 48.9 Å². The van der Waals surface area contributed by atoms with Gasteiger partial charge in [-0.15, -0.1) is 22.7 Å². The molecule has 0 amide bonds. The zero-order chi connectivity index (χ0) is 9.97. The lowest BCUT2D eigenvalue weighted by Gasteiger charge is -2.03. The maximum Gasteiger partial charge on any atom is 0.0302 e. The van der Waals surface area contributed by atoms with Crippen molar-refractivity contribution >= 4 is 33.8 Å². The van der Waals surface area contributed by atoms with E-state index in [1.165, 1.54) is 20.9 Å². The van der Waals surface area contributed by atoms with E-state index in [4.69, 9.17) is 0 Å². The molecule has 0 unspecified atom stereocenters. The lowest BCUT2D eigenvalue weighted by molar-refractivity contribution is 1.63. The third kappa shape index (κ3) is 1.81. The Morgan fingerprint density at radius 1 is 0.857 bits per heavy atom. The van der Waals surface area contributed by atoms with E-state index in [9.17, 15) is 0 Å². The highest BCUT2D eigenvalue weighted by molar-refractivity contribution is 7.12. The van der Waals surface area contributed by atoms with Crippen LogP contribution < -0.4 is 0 Å². The monoisotopic (exact) mass is 220 g/mol. The highest BCUT2D eigenvalue weighted by atomic mass is 32.1. The Kier molecular flexibility index (Phi) is 2.85. The smallest absolute Gasteiger partial charge is 0.0302 e. The fourth-order valence-corrected chi connectivity index (χ4v) is 2.93. The molecule has 0 nitrogen and oxygen atoms in total. The van der Waals surface area contributed by atoms with Crippen molar-refractivity contribution in [3.63, 3.8) is 0 Å². The molecule has 0 N–H and O–H groups in total. The molecule has 0 radical (unpaired) electrons. The molecule has 0 atom stereocenters. The summed E-state index contributed by atoms with van der Waals surface area (Å²) >= 11 is 3.61. The predicted octanol–water partition coefficient (Wildman–Crippen LogP) is 4.76. The second-order valence-electron chi connectivity index (χ2n) is 3.20. The topological polar surface area (TPSA) is 0 Å². The van der Waals surface area contributed by atoms with E-state index in [1.807, 2.05) is 0 Å². The van der Waals surface area contributed by atoms with Gasteiger partial charge in [-0.1, -0.05) is 12.1 Å². The second-order valence-corrected chi connectivity index (χ2v) is 5.10. The van der Waals surface area contributed by atoms with Crippen LogP contribution in [0.25, 0.3) is 11.1 Å². The molecule has 0 aliphatic heterocycles. The highest BCUT2D eigenvalue weighted by Gasteiger charge is 2.04. The van der Waals surface area contributed by atoms with Crippen LogP contribution >= 0.6 is 22.7 Å². The highest BCUT2D eigenvalue weighted by Crippen LogP contribution is 2.30. The van der Waals surface area contributed by atoms with Gasteiger partial charge < -0.3 is 0 Å². The number of allylic oxidation sites excluding steroid dienone is 2. The molecule has 0 aromatic carbocycles. The molecule has 0 bridgehead atoms. The first-order chi connectivity index (χ1) is 6.79. The largest absolute Gasteiger partial charge is 0.144 e. The van der Waals surface area contributed by atoms with Gasteiger partial charge in [-0.05, 0) is 47.9 Å². The van der Waals surface area contributed by atoms with Crippen molar-refractivity contribution in [3.8, 4) is 0 Å². The van der Waals surface area contributed by atoms with Crippen molar-refractivity contribution in [1.29, 1.82) is 0 Å². The Bertz CT molecular complexity index is 377. The molecule has 2 aromatic heterocycles. The molecule has 72 valence electrons. The Labute approximate surface area is 92.5 Å². The SMILES string of the molecule is C/C(=C(\C)c1cccs1)c1cccs1. The second kappa shape index (κ2) is 4.11. The minimum atomic E-state index is 1.37. The van der Waals surface area contributed by atoms with Crippen molar-refractivity contribution in [3.05, 3.63) is 44.8 Å². The first-order valence-corrected chi connectivity index (χ1v) is 6.30. The molecule has 2 aromatic rings. The zero-order valence-electron chi connectivity index (χ0n) is 8.28. The van der Waals surface area contributed by atoms with Gasteiger partial charge in [0.15, 0.2) is 0 Å². The predicted molar refractivity (Wildman–Crippen MR) is 66.8 cm³/mol. The van der Waals surface area contributed by atoms with Crippen LogP contribution in [0, 0.1) is 0 Å². The summed E-state index contributed by atoms with van der Waals surface area (Å²) < 4.78 is 0. The van der Waals surface area contributed by atoms with Gasteiger partial charge >= 0.3 is 0 Å². The summed E-state index contributed by atoms with van der Waals surface area (Å²) in [5, 5.41) is 4.25. The summed E-state index contributed by atoms with van der Waals surface area (Å²) in [4.78, 5) is 2.74. The number of hydrogen-bond acceptors (Lipinski definition) is 2. The summed E-state index contributed by atoms with van der Waals surface area (Å²) in [6.45, 7) is 4.39. The average molecular weight is 220 g/mol. The molecular formula is C12H12S2. The molecule has 2 rings (SSSR count). The lowest BCUT2D eigenvalue weighted by atomic mass is 10.1. The van der Waals surface area contributed by atoms with Gasteiger partial charge in [-0.25, -0.2) is 0 Å². The molecule has 0 fully saturated rings. The van der Waals surface area contributed by atoms with E-state index in [0.29, 0.717) is 0 Å². The number of rotatable bonds is 2. The van der Waals surface area contributed by atoms with Crippen molar-refractivity contribution < 1.29 is 0 Å².